The zero-order valence-corrected chi connectivity index (χ0v) is 10.3. The van der Waals surface area contributed by atoms with E-state index in [1.54, 1.807) is 19.0 Å². The number of carbonyl (C=O) groups excluding carboxylic acids is 1. The zero-order chi connectivity index (χ0) is 11.3. The van der Waals surface area contributed by atoms with E-state index >= 15 is 0 Å². The van der Waals surface area contributed by atoms with Gasteiger partial charge in [-0.2, -0.15) is 0 Å². The first-order valence-corrected chi connectivity index (χ1v) is 6.06. The van der Waals surface area contributed by atoms with Crippen molar-refractivity contribution >= 4 is 5.91 Å². The molecule has 0 radical (unpaired) electrons. The first-order valence-electron chi connectivity index (χ1n) is 6.06. The average molecular weight is 212 g/mol. The molecule has 0 spiro atoms. The number of hydrogen-bond acceptors (Lipinski definition) is 2. The molecule has 1 saturated carbocycles. The lowest BCUT2D eigenvalue weighted by Crippen LogP contribution is -2.43. The predicted octanol–water partition coefficient (Wildman–Crippen LogP) is 1.63. The van der Waals surface area contributed by atoms with Gasteiger partial charge in [0.25, 0.3) is 0 Å². The van der Waals surface area contributed by atoms with Gasteiger partial charge in [0.15, 0.2) is 0 Å². The highest BCUT2D eigenvalue weighted by atomic mass is 16.2. The summed E-state index contributed by atoms with van der Waals surface area (Å²) in [6.07, 6.45) is 6.78. The Labute approximate surface area is 93.2 Å². The van der Waals surface area contributed by atoms with Crippen molar-refractivity contribution in [2.24, 2.45) is 5.92 Å². The third-order valence-corrected chi connectivity index (χ3v) is 3.25. The van der Waals surface area contributed by atoms with Crippen LogP contribution in [-0.2, 0) is 4.79 Å². The second-order valence-corrected chi connectivity index (χ2v) is 4.87. The van der Waals surface area contributed by atoms with E-state index in [0.717, 1.165) is 12.5 Å². The highest BCUT2D eigenvalue weighted by molar-refractivity contribution is 5.80. The standard InChI is InChI=1S/C12H24N2O/c1-10(12(15)14(2)3)13-9-11-7-5-4-6-8-11/h10-11,13H,4-9H2,1-3H3. The second-order valence-electron chi connectivity index (χ2n) is 4.87. The molecule has 0 aliphatic heterocycles. The highest BCUT2D eigenvalue weighted by Gasteiger charge is 2.17. The second kappa shape index (κ2) is 6.11. The lowest BCUT2D eigenvalue weighted by atomic mass is 9.89. The molecular formula is C12H24N2O. The van der Waals surface area contributed by atoms with Crippen LogP contribution in [0.4, 0.5) is 0 Å². The summed E-state index contributed by atoms with van der Waals surface area (Å²) in [4.78, 5) is 13.2. The van der Waals surface area contributed by atoms with Gasteiger partial charge in [0, 0.05) is 14.1 Å². The number of rotatable bonds is 4. The molecule has 1 rings (SSSR count). The summed E-state index contributed by atoms with van der Waals surface area (Å²) in [6.45, 7) is 2.95. The fourth-order valence-electron chi connectivity index (χ4n) is 2.21. The first kappa shape index (κ1) is 12.5. The van der Waals surface area contributed by atoms with Gasteiger partial charge in [0.2, 0.25) is 5.91 Å². The van der Waals surface area contributed by atoms with E-state index in [1.165, 1.54) is 32.1 Å². The van der Waals surface area contributed by atoms with Crippen molar-refractivity contribution in [3.05, 3.63) is 0 Å². The lowest BCUT2D eigenvalue weighted by Gasteiger charge is -2.24. The largest absolute Gasteiger partial charge is 0.347 e. The lowest BCUT2D eigenvalue weighted by molar-refractivity contribution is -0.130. The van der Waals surface area contributed by atoms with Gasteiger partial charge in [-0.05, 0) is 32.2 Å². The Kier molecular flexibility index (Phi) is 5.09. The van der Waals surface area contributed by atoms with Gasteiger partial charge in [0.05, 0.1) is 6.04 Å². The average Bonchev–Trinajstić information content (AvgIpc) is 2.26. The Hall–Kier alpha value is -0.570. The molecule has 0 saturated heterocycles. The number of amides is 1. The molecular weight excluding hydrogens is 188 g/mol. The Bertz CT molecular complexity index is 198. The monoisotopic (exact) mass is 212 g/mol. The SMILES string of the molecule is CC(NCC1CCCCC1)C(=O)N(C)C. The summed E-state index contributed by atoms with van der Waals surface area (Å²) < 4.78 is 0. The van der Waals surface area contributed by atoms with Gasteiger partial charge in [-0.1, -0.05) is 19.3 Å². The van der Waals surface area contributed by atoms with Crippen molar-refractivity contribution < 1.29 is 4.79 Å². The van der Waals surface area contributed by atoms with E-state index in [4.69, 9.17) is 0 Å². The molecule has 88 valence electrons. The van der Waals surface area contributed by atoms with E-state index in [-0.39, 0.29) is 11.9 Å². The molecule has 1 fully saturated rings. The Morgan fingerprint density at radius 2 is 1.93 bits per heavy atom. The summed E-state index contributed by atoms with van der Waals surface area (Å²) in [5, 5.41) is 3.34. The molecule has 0 aromatic heterocycles. The van der Waals surface area contributed by atoms with Gasteiger partial charge in [-0.15, -0.1) is 0 Å². The van der Waals surface area contributed by atoms with Crippen LogP contribution in [0.25, 0.3) is 0 Å². The normalized spacial score (nSPS) is 19.9. The smallest absolute Gasteiger partial charge is 0.238 e. The number of carbonyl (C=O) groups is 1. The molecule has 15 heavy (non-hydrogen) atoms. The van der Waals surface area contributed by atoms with Crippen molar-refractivity contribution in [1.82, 2.24) is 10.2 Å². The molecule has 1 unspecified atom stereocenters. The van der Waals surface area contributed by atoms with Crippen LogP contribution in [0.3, 0.4) is 0 Å². The molecule has 1 aliphatic carbocycles. The van der Waals surface area contributed by atoms with Crippen molar-refractivity contribution in [2.45, 2.75) is 45.1 Å². The first-order chi connectivity index (χ1) is 7.11. The Morgan fingerprint density at radius 1 is 1.33 bits per heavy atom. The van der Waals surface area contributed by atoms with Crippen molar-refractivity contribution in [3.63, 3.8) is 0 Å². The van der Waals surface area contributed by atoms with Crippen LogP contribution in [0.15, 0.2) is 0 Å². The summed E-state index contributed by atoms with van der Waals surface area (Å²) in [7, 11) is 3.61. The summed E-state index contributed by atoms with van der Waals surface area (Å²) in [6, 6.07) is -0.0399. The maximum atomic E-state index is 11.6. The maximum absolute atomic E-state index is 11.6. The molecule has 1 N–H and O–H groups in total. The zero-order valence-electron chi connectivity index (χ0n) is 10.3. The quantitative estimate of drug-likeness (QED) is 0.768. The molecule has 1 atom stereocenters. The maximum Gasteiger partial charge on any atom is 0.238 e. The number of likely N-dealkylation sites (N-methyl/N-ethyl adjacent to an activating group) is 1. The topological polar surface area (TPSA) is 32.3 Å². The van der Waals surface area contributed by atoms with Crippen LogP contribution in [0.1, 0.15) is 39.0 Å². The molecule has 1 aliphatic rings. The predicted molar refractivity (Wildman–Crippen MR) is 62.7 cm³/mol. The summed E-state index contributed by atoms with van der Waals surface area (Å²) in [5.74, 6) is 0.960. The molecule has 0 aromatic rings. The van der Waals surface area contributed by atoms with E-state index < -0.39 is 0 Å². The van der Waals surface area contributed by atoms with Crippen LogP contribution < -0.4 is 5.32 Å². The van der Waals surface area contributed by atoms with Crippen LogP contribution >= 0.6 is 0 Å². The fourth-order valence-corrected chi connectivity index (χ4v) is 2.21. The minimum atomic E-state index is -0.0399. The van der Waals surface area contributed by atoms with Crippen LogP contribution in [0.5, 0.6) is 0 Å². The molecule has 0 bridgehead atoms. The van der Waals surface area contributed by atoms with Gasteiger partial charge >= 0.3 is 0 Å². The number of nitrogens with zero attached hydrogens (tertiary/aromatic N) is 1. The van der Waals surface area contributed by atoms with Gasteiger partial charge in [0.1, 0.15) is 0 Å². The number of nitrogens with one attached hydrogen (secondary N) is 1. The van der Waals surface area contributed by atoms with Crippen LogP contribution in [0.2, 0.25) is 0 Å². The molecule has 3 nitrogen and oxygen atoms in total. The Balaban J connectivity index is 2.20. The highest BCUT2D eigenvalue weighted by Crippen LogP contribution is 2.22. The van der Waals surface area contributed by atoms with E-state index in [1.807, 2.05) is 6.92 Å². The fraction of sp³-hybridized carbons (Fsp3) is 0.917. The number of hydrogen-bond donors (Lipinski definition) is 1. The molecule has 1 amide bonds. The van der Waals surface area contributed by atoms with Crippen LogP contribution in [-0.4, -0.2) is 37.5 Å². The molecule has 3 heteroatoms. The minimum absolute atomic E-state index is 0.0399. The van der Waals surface area contributed by atoms with E-state index in [2.05, 4.69) is 5.32 Å². The summed E-state index contributed by atoms with van der Waals surface area (Å²) >= 11 is 0. The van der Waals surface area contributed by atoms with Crippen molar-refractivity contribution in [3.8, 4) is 0 Å². The molecule has 0 heterocycles. The molecule has 0 aromatic carbocycles. The van der Waals surface area contributed by atoms with E-state index in [9.17, 15) is 4.79 Å². The third kappa shape index (κ3) is 4.20. The van der Waals surface area contributed by atoms with Crippen molar-refractivity contribution in [1.29, 1.82) is 0 Å². The third-order valence-electron chi connectivity index (χ3n) is 3.25. The Morgan fingerprint density at radius 3 is 2.47 bits per heavy atom. The summed E-state index contributed by atoms with van der Waals surface area (Å²) in [5.41, 5.74) is 0. The van der Waals surface area contributed by atoms with E-state index in [0.29, 0.717) is 0 Å². The minimum Gasteiger partial charge on any atom is -0.347 e. The van der Waals surface area contributed by atoms with Gasteiger partial charge in [-0.25, -0.2) is 0 Å². The van der Waals surface area contributed by atoms with Gasteiger partial charge in [-0.3, -0.25) is 4.79 Å². The van der Waals surface area contributed by atoms with Gasteiger partial charge < -0.3 is 10.2 Å². The van der Waals surface area contributed by atoms with Crippen molar-refractivity contribution in [2.75, 3.05) is 20.6 Å². The van der Waals surface area contributed by atoms with Crippen LogP contribution in [0, 0.1) is 5.92 Å².